The molecule has 0 saturated heterocycles. The summed E-state index contributed by atoms with van der Waals surface area (Å²) in [6.45, 7) is -1.44. The van der Waals surface area contributed by atoms with E-state index in [2.05, 4.69) is 0 Å². The monoisotopic (exact) mass is 255 g/mol. The maximum atomic E-state index is 7.74. The van der Waals surface area contributed by atoms with E-state index in [1.54, 1.807) is 0 Å². The Labute approximate surface area is 117 Å². The molecule has 0 bridgehead atoms. The molecule has 2 N–H and O–H groups in total. The van der Waals surface area contributed by atoms with Crippen LogP contribution in [0.3, 0.4) is 0 Å². The topological polar surface area (TPSA) is 44.5 Å². The maximum Gasteiger partial charge on any atom is 0.122 e. The summed E-state index contributed by atoms with van der Waals surface area (Å²) in [7, 11) is -5.79. The fourth-order valence-electron chi connectivity index (χ4n) is 1.22. The Balaban J connectivity index is 0.00000625. The van der Waals surface area contributed by atoms with Gasteiger partial charge in [-0.2, -0.15) is 0 Å². The van der Waals surface area contributed by atoms with Gasteiger partial charge in [0.15, 0.2) is 0 Å². The van der Waals surface area contributed by atoms with Crippen LogP contribution in [-0.2, 0) is 6.42 Å². The van der Waals surface area contributed by atoms with Crippen LogP contribution in [0.2, 0.25) is 0 Å². The van der Waals surface area contributed by atoms with Crippen LogP contribution in [0.1, 0.15) is 31.8 Å². The van der Waals surface area contributed by atoms with Crippen LogP contribution < -0.4 is 15.2 Å². The molecule has 0 spiro atoms. The Morgan fingerprint density at radius 3 is 2.62 bits per heavy atom. The van der Waals surface area contributed by atoms with E-state index in [9.17, 15) is 0 Å². The molecule has 16 heavy (non-hydrogen) atoms. The summed E-state index contributed by atoms with van der Waals surface area (Å²) in [6, 6.07) is 0.391. The Morgan fingerprint density at radius 2 is 2.06 bits per heavy atom. The highest BCUT2D eigenvalue weighted by Crippen LogP contribution is 2.28. The molecule has 92 valence electrons. The van der Waals surface area contributed by atoms with Crippen molar-refractivity contribution in [1.29, 1.82) is 0 Å². The molecule has 1 unspecified atom stereocenters. The van der Waals surface area contributed by atoms with E-state index in [0.29, 0.717) is 0 Å². The quantitative estimate of drug-likeness (QED) is 0.898. The van der Waals surface area contributed by atoms with Crippen molar-refractivity contribution in [3.63, 3.8) is 0 Å². The van der Waals surface area contributed by atoms with Crippen LogP contribution >= 0.6 is 12.4 Å². The lowest BCUT2D eigenvalue weighted by Gasteiger charge is -2.14. The number of halogens is 1. The fraction of sp³-hybridized carbons (Fsp3) is 0.500. The van der Waals surface area contributed by atoms with Gasteiger partial charge in [-0.25, -0.2) is 0 Å². The van der Waals surface area contributed by atoms with Crippen LogP contribution in [0.15, 0.2) is 12.1 Å². The maximum absolute atomic E-state index is 7.74. The van der Waals surface area contributed by atoms with Crippen molar-refractivity contribution in [2.24, 2.45) is 5.73 Å². The number of hydrogen-bond donors (Lipinski definition) is 1. The molecule has 1 atom stereocenters. The highest BCUT2D eigenvalue weighted by atomic mass is 35.5. The minimum atomic E-state index is -2.92. The van der Waals surface area contributed by atoms with E-state index < -0.39 is 38.3 Å². The third kappa shape index (κ3) is 3.58. The third-order valence-corrected chi connectivity index (χ3v) is 1.85. The second-order valence-electron chi connectivity index (χ2n) is 3.18. The van der Waals surface area contributed by atoms with Gasteiger partial charge in [-0.05, 0) is 43.5 Å². The summed E-state index contributed by atoms with van der Waals surface area (Å²) in [4.78, 5) is 0. The van der Waals surface area contributed by atoms with Gasteiger partial charge in [-0.1, -0.05) is 0 Å². The van der Waals surface area contributed by atoms with Gasteiger partial charge >= 0.3 is 0 Å². The number of ether oxygens (including phenoxy) is 2. The number of nitrogens with two attached hydrogens (primary N) is 1. The highest BCUT2D eigenvalue weighted by Gasteiger charge is 2.09. The van der Waals surface area contributed by atoms with Gasteiger partial charge in [0, 0.05) is 11.5 Å². The van der Waals surface area contributed by atoms with Gasteiger partial charge in [0.05, 0.1) is 22.3 Å². The van der Waals surface area contributed by atoms with Gasteiger partial charge in [-0.3, -0.25) is 0 Å². The van der Waals surface area contributed by atoms with Gasteiger partial charge in [0.25, 0.3) is 0 Å². The molecule has 0 saturated carbocycles. The largest absolute Gasteiger partial charge is 0.496 e. The molecule has 0 aromatic heterocycles. The highest BCUT2D eigenvalue weighted by molar-refractivity contribution is 5.85. The molecule has 0 aliphatic heterocycles. The van der Waals surface area contributed by atoms with Crippen molar-refractivity contribution in [3.8, 4) is 11.5 Å². The minimum absolute atomic E-state index is 0. The summed E-state index contributed by atoms with van der Waals surface area (Å²) >= 11 is 0. The predicted octanol–water partition coefficient (Wildman–Crippen LogP) is 2.32. The van der Waals surface area contributed by atoms with Crippen LogP contribution in [-0.4, -0.2) is 20.1 Å². The predicted molar refractivity (Wildman–Crippen MR) is 68.9 cm³/mol. The smallest absolute Gasteiger partial charge is 0.122 e. The molecule has 1 aromatic carbocycles. The molecule has 0 amide bonds. The Morgan fingerprint density at radius 1 is 1.38 bits per heavy atom. The van der Waals surface area contributed by atoms with E-state index >= 15 is 0 Å². The first-order valence-electron chi connectivity index (χ1n) is 9.22. The third-order valence-electron chi connectivity index (χ3n) is 1.85. The fourth-order valence-corrected chi connectivity index (χ4v) is 1.22. The second kappa shape index (κ2) is 6.61. The van der Waals surface area contributed by atoms with E-state index in [0.717, 1.165) is 12.1 Å². The molecule has 3 nitrogen and oxygen atoms in total. The SMILES string of the molecule is Cl.[2H]C(C)(N)Cc1cc(OC([2H])([2H])[2H])c(C([2H])([2H])[2H])cc1OC([2H])([2H])[2H]. The molecular formula is C12H20ClNO2. The van der Waals surface area contributed by atoms with Crippen LogP contribution in [0.25, 0.3) is 0 Å². The Kier molecular flexibility index (Phi) is 2.13. The van der Waals surface area contributed by atoms with Crippen LogP contribution in [0, 0.1) is 6.85 Å². The normalized spacial score (nSPS) is 25.1. The summed E-state index contributed by atoms with van der Waals surface area (Å²) < 4.78 is 82.9. The lowest BCUT2D eigenvalue weighted by atomic mass is 10.0. The number of methoxy groups -OCH3 is 2. The zero-order valence-electron chi connectivity index (χ0n) is 18.7. The lowest BCUT2D eigenvalue weighted by molar-refractivity contribution is 0.395. The second-order valence-corrected chi connectivity index (χ2v) is 3.18. The number of benzene rings is 1. The van der Waals surface area contributed by atoms with Gasteiger partial charge < -0.3 is 15.2 Å². The molecule has 4 heteroatoms. The van der Waals surface area contributed by atoms with Crippen molar-refractivity contribution in [2.75, 3.05) is 14.1 Å². The molecule has 0 aliphatic rings. The van der Waals surface area contributed by atoms with Crippen molar-refractivity contribution in [3.05, 3.63) is 23.3 Å². The zero-order valence-corrected chi connectivity index (χ0v) is 9.48. The van der Waals surface area contributed by atoms with Crippen molar-refractivity contribution in [2.45, 2.75) is 26.2 Å². The first-order valence-corrected chi connectivity index (χ1v) is 4.22. The zero-order chi connectivity index (χ0) is 19.8. The minimum Gasteiger partial charge on any atom is -0.496 e. The first kappa shape index (κ1) is 5.15. The van der Waals surface area contributed by atoms with Gasteiger partial charge in [0.1, 0.15) is 11.5 Å². The molecule has 0 radical (unpaired) electrons. The van der Waals surface area contributed by atoms with Crippen LogP contribution in [0.4, 0.5) is 0 Å². The van der Waals surface area contributed by atoms with E-state index in [1.807, 2.05) is 0 Å². The molecule has 1 aromatic rings. The molecule has 0 aliphatic carbocycles. The summed E-state index contributed by atoms with van der Waals surface area (Å²) in [5.74, 6) is -0.801. The lowest BCUT2D eigenvalue weighted by Crippen LogP contribution is -2.18. The van der Waals surface area contributed by atoms with E-state index in [-0.39, 0.29) is 30.1 Å². The number of rotatable bonds is 4. The van der Waals surface area contributed by atoms with Gasteiger partial charge in [-0.15, -0.1) is 12.4 Å². The average molecular weight is 256 g/mol. The molecule has 0 fully saturated rings. The number of aryl methyl sites for hydroxylation is 1. The average Bonchev–Trinajstić information content (AvgIpc) is 2.24. The molecule has 1 rings (SSSR count). The van der Waals surface area contributed by atoms with E-state index in [4.69, 9.17) is 28.9 Å². The van der Waals surface area contributed by atoms with Crippen molar-refractivity contribution < 1.29 is 23.2 Å². The molecule has 0 heterocycles. The summed E-state index contributed by atoms with van der Waals surface area (Å²) in [6.07, 6.45) is -0.225. The summed E-state index contributed by atoms with van der Waals surface area (Å²) in [5.41, 5.74) is 5.14. The first-order chi connectivity index (χ1) is 10.9. The van der Waals surface area contributed by atoms with Crippen LogP contribution in [0.5, 0.6) is 11.5 Å². The standard InChI is InChI=1S/C12H19NO2.ClH/c1-8-5-12(15-4)10(6-9(2)13)7-11(8)14-3;/h5,7,9H,6,13H2,1-4H3;1H/i1D3,3D3,4D3,9D;. The molecular weight excluding hydrogens is 226 g/mol. The Bertz CT molecular complexity index is 619. The van der Waals surface area contributed by atoms with Gasteiger partial charge in [0.2, 0.25) is 0 Å². The summed E-state index contributed by atoms with van der Waals surface area (Å²) in [5, 5.41) is 0. The number of hydrogen-bond acceptors (Lipinski definition) is 3. The Hall–Kier alpha value is -0.930. The van der Waals surface area contributed by atoms with Crippen molar-refractivity contribution >= 4 is 12.4 Å². The van der Waals surface area contributed by atoms with Crippen molar-refractivity contribution in [1.82, 2.24) is 0 Å². The van der Waals surface area contributed by atoms with E-state index in [1.165, 1.54) is 6.92 Å².